The molecule has 0 radical (unpaired) electrons. The molecule has 1 rings (SSSR count). The van der Waals surface area contributed by atoms with Gasteiger partial charge in [0, 0.05) is 6.04 Å². The van der Waals surface area contributed by atoms with Crippen molar-refractivity contribution in [1.29, 1.82) is 0 Å². The van der Waals surface area contributed by atoms with Crippen molar-refractivity contribution < 1.29 is 9.59 Å². The van der Waals surface area contributed by atoms with Gasteiger partial charge in [0.15, 0.2) is 0 Å². The van der Waals surface area contributed by atoms with Crippen molar-refractivity contribution >= 4 is 23.4 Å². The van der Waals surface area contributed by atoms with Gasteiger partial charge >= 0.3 is 0 Å². The van der Waals surface area contributed by atoms with Gasteiger partial charge < -0.3 is 10.6 Å². The van der Waals surface area contributed by atoms with Crippen LogP contribution in [0.4, 0.5) is 0 Å². The van der Waals surface area contributed by atoms with Gasteiger partial charge in [-0.25, -0.2) is 0 Å². The lowest BCUT2D eigenvalue weighted by Gasteiger charge is -2.14. The fraction of sp³-hybridized carbons (Fsp3) is 0.529. The smallest absolute Gasteiger partial charge is 0.253 e. The fourth-order valence-electron chi connectivity index (χ4n) is 2.18. The molecule has 22 heavy (non-hydrogen) atoms. The first-order valence-corrected chi connectivity index (χ1v) is 8.24. The largest absolute Gasteiger partial charge is 0.352 e. The van der Waals surface area contributed by atoms with Gasteiger partial charge in [0.1, 0.15) is 0 Å². The Hall–Kier alpha value is -1.55. The first-order valence-electron chi connectivity index (χ1n) is 7.86. The normalized spacial score (nSPS) is 11.8. The van der Waals surface area contributed by atoms with Crippen LogP contribution in [0.25, 0.3) is 0 Å². The van der Waals surface area contributed by atoms with E-state index in [9.17, 15) is 9.59 Å². The van der Waals surface area contributed by atoms with E-state index in [2.05, 4.69) is 17.6 Å². The molecule has 0 heterocycles. The molecule has 0 aromatic heterocycles. The second-order valence-corrected chi connectivity index (χ2v) is 5.89. The molecule has 1 aromatic rings. The molecule has 0 saturated heterocycles. The first kappa shape index (κ1) is 18.5. The van der Waals surface area contributed by atoms with E-state index in [0.717, 1.165) is 12.8 Å². The summed E-state index contributed by atoms with van der Waals surface area (Å²) in [5.41, 5.74) is 0.379. The Morgan fingerprint density at radius 1 is 1.18 bits per heavy atom. The first-order chi connectivity index (χ1) is 10.5. The number of unbranched alkanes of at least 4 members (excludes halogenated alkanes) is 3. The number of rotatable bonds is 9. The summed E-state index contributed by atoms with van der Waals surface area (Å²) in [5, 5.41) is 5.86. The molecule has 1 unspecified atom stereocenters. The lowest BCUT2D eigenvalue weighted by Crippen LogP contribution is -2.40. The highest BCUT2D eigenvalue weighted by Gasteiger charge is 2.12. The summed E-state index contributed by atoms with van der Waals surface area (Å²) in [4.78, 5) is 23.7. The minimum absolute atomic E-state index is 0.0383. The molecule has 0 aliphatic heterocycles. The van der Waals surface area contributed by atoms with Crippen LogP contribution in [0.5, 0.6) is 0 Å². The number of halogens is 1. The Morgan fingerprint density at radius 3 is 2.59 bits per heavy atom. The standard InChI is InChI=1S/C17H25ClN2O2/c1-3-4-5-6-9-13(2)20-16(21)12-19-17(22)14-10-7-8-11-15(14)18/h7-8,10-11,13H,3-6,9,12H2,1-2H3,(H,19,22)(H,20,21). The molecule has 4 nitrogen and oxygen atoms in total. The predicted octanol–water partition coefficient (Wildman–Crippen LogP) is 3.54. The van der Waals surface area contributed by atoms with Crippen LogP contribution < -0.4 is 10.6 Å². The van der Waals surface area contributed by atoms with Crippen LogP contribution in [-0.4, -0.2) is 24.4 Å². The predicted molar refractivity (Wildman–Crippen MR) is 90.1 cm³/mol. The summed E-state index contributed by atoms with van der Waals surface area (Å²) in [6.07, 6.45) is 5.70. The molecule has 0 spiro atoms. The van der Waals surface area contributed by atoms with Crippen LogP contribution in [0.2, 0.25) is 5.02 Å². The highest BCUT2D eigenvalue weighted by molar-refractivity contribution is 6.33. The van der Waals surface area contributed by atoms with Gasteiger partial charge in [-0.2, -0.15) is 0 Å². The molecule has 1 atom stereocenters. The molecule has 0 aliphatic rings. The van der Waals surface area contributed by atoms with E-state index in [-0.39, 0.29) is 24.4 Å². The molecule has 2 N–H and O–H groups in total. The molecular weight excluding hydrogens is 300 g/mol. The minimum Gasteiger partial charge on any atom is -0.352 e. The average molecular weight is 325 g/mol. The van der Waals surface area contributed by atoms with Crippen molar-refractivity contribution in [3.05, 3.63) is 34.9 Å². The number of carbonyl (C=O) groups excluding carboxylic acids is 2. The lowest BCUT2D eigenvalue weighted by molar-refractivity contribution is -0.120. The maximum atomic E-state index is 11.9. The van der Waals surface area contributed by atoms with Crippen LogP contribution in [-0.2, 0) is 4.79 Å². The number of amides is 2. The Bertz CT molecular complexity index is 491. The molecule has 122 valence electrons. The Balaban J connectivity index is 2.28. The highest BCUT2D eigenvalue weighted by atomic mass is 35.5. The molecule has 2 amide bonds. The quantitative estimate of drug-likeness (QED) is 0.682. The molecule has 0 saturated carbocycles. The van der Waals surface area contributed by atoms with Crippen LogP contribution in [0, 0.1) is 0 Å². The van der Waals surface area contributed by atoms with Crippen LogP contribution in [0.1, 0.15) is 56.3 Å². The van der Waals surface area contributed by atoms with Crippen molar-refractivity contribution in [2.75, 3.05) is 6.54 Å². The van der Waals surface area contributed by atoms with Gasteiger partial charge in [0.25, 0.3) is 5.91 Å². The Labute approximate surface area is 137 Å². The van der Waals surface area contributed by atoms with Gasteiger partial charge in [-0.15, -0.1) is 0 Å². The monoisotopic (exact) mass is 324 g/mol. The lowest BCUT2D eigenvalue weighted by atomic mass is 10.1. The number of hydrogen-bond acceptors (Lipinski definition) is 2. The van der Waals surface area contributed by atoms with Crippen LogP contribution >= 0.6 is 11.6 Å². The van der Waals surface area contributed by atoms with Crippen molar-refractivity contribution in [2.24, 2.45) is 0 Å². The second kappa shape index (κ2) is 10.2. The van der Waals surface area contributed by atoms with Crippen LogP contribution in [0.3, 0.4) is 0 Å². The number of carbonyl (C=O) groups is 2. The van der Waals surface area contributed by atoms with Crippen molar-refractivity contribution in [3.63, 3.8) is 0 Å². The van der Waals surface area contributed by atoms with E-state index in [1.807, 2.05) is 6.92 Å². The van der Waals surface area contributed by atoms with Gasteiger partial charge in [0.2, 0.25) is 5.91 Å². The van der Waals surface area contributed by atoms with Crippen molar-refractivity contribution in [3.8, 4) is 0 Å². The molecule has 0 bridgehead atoms. The summed E-state index contributed by atoms with van der Waals surface area (Å²) < 4.78 is 0. The minimum atomic E-state index is -0.337. The van der Waals surface area contributed by atoms with E-state index in [4.69, 9.17) is 11.6 Å². The van der Waals surface area contributed by atoms with E-state index in [1.165, 1.54) is 19.3 Å². The zero-order chi connectivity index (χ0) is 16.4. The molecule has 1 aromatic carbocycles. The van der Waals surface area contributed by atoms with E-state index >= 15 is 0 Å². The number of nitrogens with one attached hydrogen (secondary N) is 2. The van der Waals surface area contributed by atoms with Gasteiger partial charge in [-0.1, -0.05) is 56.3 Å². The summed E-state index contributed by atoms with van der Waals surface area (Å²) in [7, 11) is 0. The van der Waals surface area contributed by atoms with Crippen LogP contribution in [0.15, 0.2) is 24.3 Å². The molecular formula is C17H25ClN2O2. The highest BCUT2D eigenvalue weighted by Crippen LogP contribution is 2.14. The Kier molecular flexibility index (Phi) is 8.60. The summed E-state index contributed by atoms with van der Waals surface area (Å²) in [5.74, 6) is -0.514. The summed E-state index contributed by atoms with van der Waals surface area (Å²) >= 11 is 5.94. The fourth-order valence-corrected chi connectivity index (χ4v) is 2.40. The number of hydrogen-bond donors (Lipinski definition) is 2. The van der Waals surface area contributed by atoms with Crippen molar-refractivity contribution in [2.45, 2.75) is 52.0 Å². The average Bonchev–Trinajstić information content (AvgIpc) is 2.49. The number of benzene rings is 1. The molecule has 5 heteroatoms. The third-order valence-electron chi connectivity index (χ3n) is 3.43. The zero-order valence-corrected chi connectivity index (χ0v) is 14.1. The van der Waals surface area contributed by atoms with Gasteiger partial charge in [-0.3, -0.25) is 9.59 Å². The zero-order valence-electron chi connectivity index (χ0n) is 13.3. The van der Waals surface area contributed by atoms with Crippen molar-refractivity contribution in [1.82, 2.24) is 10.6 Å². The van der Waals surface area contributed by atoms with E-state index in [0.29, 0.717) is 10.6 Å². The molecule has 0 aliphatic carbocycles. The third-order valence-corrected chi connectivity index (χ3v) is 3.76. The SMILES string of the molecule is CCCCCCC(C)NC(=O)CNC(=O)c1ccccc1Cl. The maximum absolute atomic E-state index is 11.9. The maximum Gasteiger partial charge on any atom is 0.253 e. The second-order valence-electron chi connectivity index (χ2n) is 5.48. The van der Waals surface area contributed by atoms with Gasteiger partial charge in [0.05, 0.1) is 17.1 Å². The van der Waals surface area contributed by atoms with E-state index in [1.54, 1.807) is 24.3 Å². The van der Waals surface area contributed by atoms with Gasteiger partial charge in [-0.05, 0) is 25.5 Å². The topological polar surface area (TPSA) is 58.2 Å². The van der Waals surface area contributed by atoms with E-state index < -0.39 is 0 Å². The summed E-state index contributed by atoms with van der Waals surface area (Å²) in [6, 6.07) is 6.90. The summed E-state index contributed by atoms with van der Waals surface area (Å²) in [6.45, 7) is 4.12. The third kappa shape index (κ3) is 6.94. The molecule has 0 fully saturated rings. The Morgan fingerprint density at radius 2 is 1.91 bits per heavy atom.